The highest BCUT2D eigenvalue weighted by atomic mass is 16.6. The molecular formula is C12H12N2O. The fourth-order valence-electron chi connectivity index (χ4n) is 1.16. The Morgan fingerprint density at radius 3 is 2.73 bits per heavy atom. The largest absolute Gasteiger partial charge is 0.391 e. The lowest BCUT2D eigenvalue weighted by molar-refractivity contribution is 0.131. The van der Waals surface area contributed by atoms with E-state index in [0.717, 1.165) is 5.56 Å². The minimum Gasteiger partial charge on any atom is -0.391 e. The lowest BCUT2D eigenvalue weighted by Gasteiger charge is -1.99. The van der Waals surface area contributed by atoms with E-state index >= 15 is 0 Å². The number of hydrogen-bond acceptors (Lipinski definition) is 3. The lowest BCUT2D eigenvalue weighted by atomic mass is 10.2. The molecule has 1 aliphatic carbocycles. The van der Waals surface area contributed by atoms with Crippen LogP contribution >= 0.6 is 0 Å². The molecule has 1 aromatic rings. The third kappa shape index (κ3) is 3.10. The van der Waals surface area contributed by atoms with Crippen molar-refractivity contribution >= 4 is 6.21 Å². The molecule has 3 heteroatoms. The maximum Gasteiger partial charge on any atom is 0.142 e. The molecule has 0 radical (unpaired) electrons. The van der Waals surface area contributed by atoms with Crippen LogP contribution < -0.4 is 0 Å². The van der Waals surface area contributed by atoms with Gasteiger partial charge in [-0.05, 0) is 36.5 Å². The van der Waals surface area contributed by atoms with Gasteiger partial charge in [-0.25, -0.2) is 0 Å². The molecule has 2 rings (SSSR count). The Kier molecular flexibility index (Phi) is 2.99. The van der Waals surface area contributed by atoms with Crippen molar-refractivity contribution in [3.8, 4) is 6.07 Å². The second-order valence-electron chi connectivity index (χ2n) is 3.67. The molecule has 0 aromatic heterocycles. The summed E-state index contributed by atoms with van der Waals surface area (Å²) in [5, 5.41) is 12.5. The second kappa shape index (κ2) is 4.61. The van der Waals surface area contributed by atoms with E-state index in [1.54, 1.807) is 12.1 Å². The van der Waals surface area contributed by atoms with Crippen LogP contribution in [0.2, 0.25) is 0 Å². The average molecular weight is 200 g/mol. The third-order valence-electron chi connectivity index (χ3n) is 2.28. The molecule has 1 saturated carbocycles. The third-order valence-corrected chi connectivity index (χ3v) is 2.28. The Morgan fingerprint density at radius 1 is 1.40 bits per heavy atom. The quantitative estimate of drug-likeness (QED) is 0.553. The van der Waals surface area contributed by atoms with Crippen molar-refractivity contribution in [2.45, 2.75) is 19.4 Å². The molecule has 76 valence electrons. The molecule has 0 heterocycles. The zero-order valence-electron chi connectivity index (χ0n) is 8.39. The highest BCUT2D eigenvalue weighted by Crippen LogP contribution is 2.26. The van der Waals surface area contributed by atoms with E-state index in [2.05, 4.69) is 11.2 Å². The number of rotatable bonds is 4. The van der Waals surface area contributed by atoms with Crippen LogP contribution in [0.4, 0.5) is 0 Å². The van der Waals surface area contributed by atoms with Crippen LogP contribution in [0.5, 0.6) is 0 Å². The van der Waals surface area contributed by atoms with Gasteiger partial charge in [0.2, 0.25) is 0 Å². The van der Waals surface area contributed by atoms with Crippen molar-refractivity contribution < 1.29 is 4.84 Å². The highest BCUT2D eigenvalue weighted by molar-refractivity contribution is 5.62. The van der Waals surface area contributed by atoms with Crippen molar-refractivity contribution in [2.24, 2.45) is 11.1 Å². The van der Waals surface area contributed by atoms with Gasteiger partial charge in [-0.15, -0.1) is 0 Å². The summed E-state index contributed by atoms with van der Waals surface area (Å²) in [7, 11) is 0. The summed E-state index contributed by atoms with van der Waals surface area (Å²) in [5.74, 6) is 0.644. The summed E-state index contributed by atoms with van der Waals surface area (Å²) in [5.41, 5.74) is 1.70. The number of nitrogens with zero attached hydrogens (tertiary/aromatic N) is 2. The van der Waals surface area contributed by atoms with Crippen molar-refractivity contribution in [1.29, 1.82) is 5.26 Å². The highest BCUT2D eigenvalue weighted by Gasteiger charge is 2.18. The molecule has 0 bridgehead atoms. The minimum atomic E-state index is 0.467. The summed E-state index contributed by atoms with van der Waals surface area (Å²) in [6.45, 7) is 0.467. The number of oxime groups is 1. The van der Waals surface area contributed by atoms with Gasteiger partial charge in [-0.3, -0.25) is 0 Å². The maximum atomic E-state index is 8.61. The van der Waals surface area contributed by atoms with Crippen LogP contribution in [0.3, 0.4) is 0 Å². The van der Waals surface area contributed by atoms with Gasteiger partial charge in [-0.1, -0.05) is 17.3 Å². The van der Waals surface area contributed by atoms with Gasteiger partial charge in [0.1, 0.15) is 6.61 Å². The molecule has 3 nitrogen and oxygen atoms in total. The molecule has 0 N–H and O–H groups in total. The fourth-order valence-corrected chi connectivity index (χ4v) is 1.16. The Labute approximate surface area is 89.0 Å². The first kappa shape index (κ1) is 9.72. The van der Waals surface area contributed by atoms with Gasteiger partial charge in [-0.2, -0.15) is 5.26 Å². The Hall–Kier alpha value is -1.82. The summed E-state index contributed by atoms with van der Waals surface area (Å²) < 4.78 is 0. The molecule has 1 fully saturated rings. The van der Waals surface area contributed by atoms with Gasteiger partial charge < -0.3 is 4.84 Å². The minimum absolute atomic E-state index is 0.467. The zero-order valence-corrected chi connectivity index (χ0v) is 8.39. The van der Waals surface area contributed by atoms with E-state index < -0.39 is 0 Å². The van der Waals surface area contributed by atoms with E-state index in [4.69, 9.17) is 10.1 Å². The summed E-state index contributed by atoms with van der Waals surface area (Å²) in [4.78, 5) is 5.13. The standard InChI is InChI=1S/C12H12N2O/c13-7-10-1-5-12(6-2-10)9-15-14-8-11-3-4-11/h1-2,5-6,8,11H,3-4,9H2. The number of benzene rings is 1. The molecule has 0 atom stereocenters. The van der Waals surface area contributed by atoms with Gasteiger partial charge in [0.15, 0.2) is 0 Å². The first-order valence-corrected chi connectivity index (χ1v) is 5.03. The van der Waals surface area contributed by atoms with E-state index in [-0.39, 0.29) is 0 Å². The van der Waals surface area contributed by atoms with Crippen molar-refractivity contribution in [1.82, 2.24) is 0 Å². The summed E-state index contributed by atoms with van der Waals surface area (Å²) in [6, 6.07) is 9.40. The molecule has 0 unspecified atom stereocenters. The second-order valence-corrected chi connectivity index (χ2v) is 3.67. The molecule has 0 amide bonds. The van der Waals surface area contributed by atoms with Crippen LogP contribution in [0.1, 0.15) is 24.0 Å². The fraction of sp³-hybridized carbons (Fsp3) is 0.333. The Morgan fingerprint density at radius 2 is 2.13 bits per heavy atom. The molecule has 0 saturated heterocycles. The van der Waals surface area contributed by atoms with Crippen molar-refractivity contribution in [3.05, 3.63) is 35.4 Å². The molecule has 0 aliphatic heterocycles. The van der Waals surface area contributed by atoms with Gasteiger partial charge >= 0.3 is 0 Å². The van der Waals surface area contributed by atoms with Crippen LogP contribution in [0, 0.1) is 17.2 Å². The number of nitriles is 1. The molecule has 1 aromatic carbocycles. The predicted molar refractivity (Wildman–Crippen MR) is 57.2 cm³/mol. The van der Waals surface area contributed by atoms with Gasteiger partial charge in [0.05, 0.1) is 11.6 Å². The van der Waals surface area contributed by atoms with Gasteiger partial charge in [0.25, 0.3) is 0 Å². The van der Waals surface area contributed by atoms with E-state index in [9.17, 15) is 0 Å². The van der Waals surface area contributed by atoms with E-state index in [1.165, 1.54) is 12.8 Å². The van der Waals surface area contributed by atoms with Crippen LogP contribution in [-0.4, -0.2) is 6.21 Å². The zero-order chi connectivity index (χ0) is 10.5. The van der Waals surface area contributed by atoms with Crippen LogP contribution in [0.15, 0.2) is 29.4 Å². The van der Waals surface area contributed by atoms with Crippen molar-refractivity contribution in [3.63, 3.8) is 0 Å². The topological polar surface area (TPSA) is 45.4 Å². The van der Waals surface area contributed by atoms with Gasteiger partial charge in [0, 0.05) is 6.21 Å². The van der Waals surface area contributed by atoms with Crippen LogP contribution in [0.25, 0.3) is 0 Å². The lowest BCUT2D eigenvalue weighted by Crippen LogP contribution is -1.88. The Bertz CT molecular complexity index is 385. The van der Waals surface area contributed by atoms with E-state index in [1.807, 2.05) is 18.3 Å². The maximum absolute atomic E-state index is 8.61. The first-order valence-electron chi connectivity index (χ1n) is 5.03. The van der Waals surface area contributed by atoms with Crippen LogP contribution in [-0.2, 0) is 11.4 Å². The number of hydrogen-bond donors (Lipinski definition) is 0. The smallest absolute Gasteiger partial charge is 0.142 e. The molecule has 0 spiro atoms. The average Bonchev–Trinajstić information content (AvgIpc) is 3.09. The van der Waals surface area contributed by atoms with E-state index in [0.29, 0.717) is 18.1 Å². The SMILES string of the molecule is N#Cc1ccc(CON=CC2CC2)cc1. The summed E-state index contributed by atoms with van der Waals surface area (Å²) >= 11 is 0. The predicted octanol–water partition coefficient (Wildman–Crippen LogP) is 2.47. The van der Waals surface area contributed by atoms with Crippen molar-refractivity contribution in [2.75, 3.05) is 0 Å². The summed E-state index contributed by atoms with van der Waals surface area (Å²) in [6.07, 6.45) is 4.34. The molecular weight excluding hydrogens is 188 g/mol. The molecule has 1 aliphatic rings. The Balaban J connectivity index is 1.80. The monoisotopic (exact) mass is 200 g/mol. The normalized spacial score (nSPS) is 15.1. The first-order chi connectivity index (χ1) is 7.38. The molecule has 15 heavy (non-hydrogen) atoms.